The minimum atomic E-state index is -2.51. The first-order valence-corrected chi connectivity index (χ1v) is 9.38. The van der Waals surface area contributed by atoms with Crippen molar-refractivity contribution in [2.75, 3.05) is 26.4 Å². The first-order chi connectivity index (χ1) is 9.67. The summed E-state index contributed by atoms with van der Waals surface area (Å²) in [5.41, 5.74) is 6.01. The van der Waals surface area contributed by atoms with Gasteiger partial charge < -0.3 is 23.9 Å². The second-order valence-corrected chi connectivity index (χ2v) is 7.27. The maximum absolute atomic E-state index is 6.01. The van der Waals surface area contributed by atoms with Crippen LogP contribution < -0.4 is 5.73 Å². The minimum Gasteiger partial charge on any atom is -0.374 e. The summed E-state index contributed by atoms with van der Waals surface area (Å²) < 4.78 is 17.5. The molecule has 0 saturated carbocycles. The molecule has 0 aromatic rings. The number of rotatable bonds is 10. The van der Waals surface area contributed by atoms with Crippen molar-refractivity contribution in [1.82, 2.24) is 4.90 Å². The van der Waals surface area contributed by atoms with E-state index in [9.17, 15) is 0 Å². The lowest BCUT2D eigenvalue weighted by molar-refractivity contribution is 0.0701. The van der Waals surface area contributed by atoms with Crippen molar-refractivity contribution in [3.8, 4) is 0 Å². The third-order valence-electron chi connectivity index (χ3n) is 3.07. The predicted octanol–water partition coefficient (Wildman–Crippen LogP) is 2.10. The lowest BCUT2D eigenvalue weighted by atomic mass is 10.3. The highest BCUT2D eigenvalue weighted by atomic mass is 28.4. The van der Waals surface area contributed by atoms with Crippen LogP contribution in [0, 0.1) is 0 Å². The molecule has 0 aromatic carbocycles. The molecule has 2 N–H and O–H groups in total. The average molecular weight is 300 g/mol. The molecule has 1 heterocycles. The van der Waals surface area contributed by atoms with Crippen LogP contribution in [0.5, 0.6) is 0 Å². The monoisotopic (exact) mass is 300 g/mol. The van der Waals surface area contributed by atoms with Gasteiger partial charge in [-0.15, -0.1) is 0 Å². The van der Waals surface area contributed by atoms with Crippen LogP contribution in [0.2, 0.25) is 6.04 Å². The molecule has 5 nitrogen and oxygen atoms in total. The number of hydrogen-bond donors (Lipinski definition) is 1. The van der Waals surface area contributed by atoms with Crippen LogP contribution in [-0.2, 0) is 13.3 Å². The normalized spacial score (nSPS) is 18.8. The number of nitrogens with zero attached hydrogens (tertiary/aromatic N) is 1. The minimum absolute atomic E-state index is 0.0395. The molecule has 0 saturated heterocycles. The highest BCUT2D eigenvalue weighted by Crippen LogP contribution is 2.19. The molecule has 1 aliphatic rings. The van der Waals surface area contributed by atoms with Gasteiger partial charge in [0.2, 0.25) is 0 Å². The standard InChI is InChI=1S/C14H28N2O3Si/c1-4-17-20(18-5-2,19-6-3)13-9-12-16-11-8-7-10-14(16)15/h7-8,10-11,14H,4-6,9,12-13,15H2,1-3H3. The Morgan fingerprint density at radius 2 is 1.65 bits per heavy atom. The van der Waals surface area contributed by atoms with Crippen molar-refractivity contribution in [3.63, 3.8) is 0 Å². The molecule has 116 valence electrons. The quantitative estimate of drug-likeness (QED) is 0.626. The predicted molar refractivity (Wildman–Crippen MR) is 83.0 cm³/mol. The second-order valence-electron chi connectivity index (χ2n) is 4.54. The topological polar surface area (TPSA) is 57.0 Å². The van der Waals surface area contributed by atoms with Gasteiger partial charge in [-0.3, -0.25) is 0 Å². The zero-order valence-corrected chi connectivity index (χ0v) is 13.9. The zero-order chi connectivity index (χ0) is 14.8. The van der Waals surface area contributed by atoms with Gasteiger partial charge in [0.05, 0.1) is 6.17 Å². The van der Waals surface area contributed by atoms with E-state index < -0.39 is 8.80 Å². The second kappa shape index (κ2) is 9.31. The van der Waals surface area contributed by atoms with Crippen LogP contribution >= 0.6 is 0 Å². The highest BCUT2D eigenvalue weighted by Gasteiger charge is 2.39. The van der Waals surface area contributed by atoms with E-state index in [1.54, 1.807) is 0 Å². The molecular weight excluding hydrogens is 272 g/mol. The maximum atomic E-state index is 6.01. The van der Waals surface area contributed by atoms with E-state index in [-0.39, 0.29) is 6.17 Å². The lowest BCUT2D eigenvalue weighted by Gasteiger charge is -2.31. The third kappa shape index (κ3) is 5.38. The average Bonchev–Trinajstić information content (AvgIpc) is 2.42. The fraction of sp³-hybridized carbons (Fsp3) is 0.714. The molecule has 0 amide bonds. The van der Waals surface area contributed by atoms with Gasteiger partial charge in [-0.05, 0) is 39.3 Å². The van der Waals surface area contributed by atoms with E-state index in [4.69, 9.17) is 19.0 Å². The molecule has 0 spiro atoms. The van der Waals surface area contributed by atoms with Crippen molar-refractivity contribution in [1.29, 1.82) is 0 Å². The first kappa shape index (κ1) is 17.4. The van der Waals surface area contributed by atoms with Crippen LogP contribution in [0.1, 0.15) is 27.2 Å². The molecule has 0 bridgehead atoms. The molecule has 0 fully saturated rings. The molecule has 20 heavy (non-hydrogen) atoms. The Labute approximate surface area is 123 Å². The van der Waals surface area contributed by atoms with Gasteiger partial charge in [-0.2, -0.15) is 0 Å². The smallest absolute Gasteiger partial charge is 0.374 e. The summed E-state index contributed by atoms with van der Waals surface area (Å²) in [6.45, 7) is 8.69. The summed E-state index contributed by atoms with van der Waals surface area (Å²) in [6, 6.07) is 0.823. The number of allylic oxidation sites excluding steroid dienone is 2. The van der Waals surface area contributed by atoms with E-state index in [0.717, 1.165) is 19.0 Å². The molecule has 6 heteroatoms. The SMILES string of the molecule is CCO[Si](CCCN1C=CC=CC1N)(OCC)OCC. The van der Waals surface area contributed by atoms with Crippen molar-refractivity contribution in [2.24, 2.45) is 5.73 Å². The molecule has 1 unspecified atom stereocenters. The van der Waals surface area contributed by atoms with Gasteiger partial charge in [0.1, 0.15) is 0 Å². The fourth-order valence-corrected chi connectivity index (χ4v) is 4.84. The number of nitrogens with two attached hydrogens (primary N) is 1. The maximum Gasteiger partial charge on any atom is 0.500 e. The van der Waals surface area contributed by atoms with Crippen molar-refractivity contribution >= 4 is 8.80 Å². The number of hydrogen-bond acceptors (Lipinski definition) is 5. The van der Waals surface area contributed by atoms with Gasteiger partial charge in [0.15, 0.2) is 0 Å². The van der Waals surface area contributed by atoms with E-state index in [2.05, 4.69) is 4.90 Å². The van der Waals surface area contributed by atoms with Crippen molar-refractivity contribution < 1.29 is 13.3 Å². The van der Waals surface area contributed by atoms with Gasteiger partial charge in [-0.25, -0.2) is 0 Å². The first-order valence-electron chi connectivity index (χ1n) is 7.45. The molecule has 1 aliphatic heterocycles. The summed E-state index contributed by atoms with van der Waals surface area (Å²) in [6.07, 6.45) is 8.89. The van der Waals surface area contributed by atoms with Crippen molar-refractivity contribution in [2.45, 2.75) is 39.4 Å². The fourth-order valence-electron chi connectivity index (χ4n) is 2.25. The van der Waals surface area contributed by atoms with Crippen molar-refractivity contribution in [3.05, 3.63) is 24.4 Å². The van der Waals surface area contributed by atoms with Gasteiger partial charge in [0.25, 0.3) is 0 Å². The molecule has 1 rings (SSSR count). The van der Waals surface area contributed by atoms with E-state index in [1.807, 2.05) is 45.2 Å². The summed E-state index contributed by atoms with van der Waals surface area (Å²) in [4.78, 5) is 2.11. The Hall–Kier alpha value is -0.663. The van der Waals surface area contributed by atoms with Crippen LogP contribution in [0.25, 0.3) is 0 Å². The molecular formula is C14H28N2O3Si. The Morgan fingerprint density at radius 1 is 1.05 bits per heavy atom. The van der Waals surface area contributed by atoms with Crippen LogP contribution in [0.3, 0.4) is 0 Å². The van der Waals surface area contributed by atoms with E-state index >= 15 is 0 Å². The van der Waals surface area contributed by atoms with Crippen LogP contribution in [-0.4, -0.2) is 46.2 Å². The Morgan fingerprint density at radius 3 is 2.15 bits per heavy atom. The van der Waals surface area contributed by atoms with Crippen LogP contribution in [0.15, 0.2) is 24.4 Å². The molecule has 0 aliphatic carbocycles. The summed E-state index contributed by atoms with van der Waals surface area (Å²) in [7, 11) is -2.51. The highest BCUT2D eigenvalue weighted by molar-refractivity contribution is 6.60. The lowest BCUT2D eigenvalue weighted by Crippen LogP contribution is -2.47. The van der Waals surface area contributed by atoms with E-state index in [0.29, 0.717) is 19.8 Å². The zero-order valence-electron chi connectivity index (χ0n) is 12.9. The molecule has 1 atom stereocenters. The largest absolute Gasteiger partial charge is 0.500 e. The summed E-state index contributed by atoms with van der Waals surface area (Å²) in [5.74, 6) is 0. The molecule has 0 radical (unpaired) electrons. The van der Waals surface area contributed by atoms with Gasteiger partial charge in [-0.1, -0.05) is 6.08 Å². The Kier molecular flexibility index (Phi) is 8.09. The molecule has 0 aromatic heterocycles. The third-order valence-corrected chi connectivity index (χ3v) is 6.22. The Bertz CT molecular complexity index is 307. The van der Waals surface area contributed by atoms with E-state index in [1.165, 1.54) is 0 Å². The van der Waals surface area contributed by atoms with Gasteiger partial charge >= 0.3 is 8.80 Å². The van der Waals surface area contributed by atoms with Gasteiger partial charge in [0, 0.05) is 38.6 Å². The summed E-state index contributed by atoms with van der Waals surface area (Å²) in [5, 5.41) is 0. The Balaban J connectivity index is 2.48. The van der Waals surface area contributed by atoms with Crippen LogP contribution in [0.4, 0.5) is 0 Å². The summed E-state index contributed by atoms with van der Waals surface area (Å²) >= 11 is 0.